The number of likely N-dealkylation sites (N-methyl/N-ethyl adjacent to an activating group) is 1. The van der Waals surface area contributed by atoms with E-state index in [4.69, 9.17) is 9.84 Å². The molecule has 200 valence electrons. The summed E-state index contributed by atoms with van der Waals surface area (Å²) in [5.41, 5.74) is 0.776. The summed E-state index contributed by atoms with van der Waals surface area (Å²) >= 11 is 0. The lowest BCUT2D eigenvalue weighted by atomic mass is 10.0. The molecule has 0 fully saturated rings. The highest BCUT2D eigenvalue weighted by Crippen LogP contribution is 2.22. The van der Waals surface area contributed by atoms with Gasteiger partial charge in [-0.2, -0.15) is 4.72 Å². The van der Waals surface area contributed by atoms with Gasteiger partial charge in [-0.25, -0.2) is 18.0 Å². The van der Waals surface area contributed by atoms with E-state index in [-0.39, 0.29) is 29.2 Å². The van der Waals surface area contributed by atoms with Gasteiger partial charge in [-0.1, -0.05) is 30.3 Å². The Bertz CT molecular complexity index is 1380. The maximum absolute atomic E-state index is 13.4. The van der Waals surface area contributed by atoms with Gasteiger partial charge in [0.2, 0.25) is 15.9 Å². The molecular weight excluding hydrogens is 514 g/mol. The first kappa shape index (κ1) is 28.3. The number of carbonyl (C=O) groups excluding carboxylic acids is 1. The van der Waals surface area contributed by atoms with Crippen molar-refractivity contribution < 1.29 is 37.8 Å². The Labute approximate surface area is 219 Å². The number of aromatic carboxylic acids is 1. The molecule has 38 heavy (non-hydrogen) atoms. The summed E-state index contributed by atoms with van der Waals surface area (Å²) in [6, 6.07) is 15.7. The number of carbonyl (C=O) groups is 3. The fourth-order valence-electron chi connectivity index (χ4n) is 3.61. The van der Waals surface area contributed by atoms with Crippen LogP contribution in [0.25, 0.3) is 0 Å². The number of amides is 1. The van der Waals surface area contributed by atoms with Gasteiger partial charge in [-0.05, 0) is 48.4 Å². The maximum atomic E-state index is 13.4. The second-order valence-electron chi connectivity index (χ2n) is 8.34. The minimum absolute atomic E-state index is 0.0300. The molecule has 2 aromatic carbocycles. The van der Waals surface area contributed by atoms with Crippen LogP contribution >= 0.6 is 0 Å². The standard InChI is InChI=1S/C26H27N3O8S/c1-29(14-12-19-7-5-6-13-27-19)25(32)22(28-38(35,36)20-8-3-2-4-9-20)16-18-10-11-23(37-17-24(30)31)21(15-18)26(33)34/h2-11,13,15,22,28H,12,14,16-17H2,1H3,(H,30,31)(H,33,34)/t22-/m0/s1. The third-order valence-electron chi connectivity index (χ3n) is 5.52. The first-order valence-electron chi connectivity index (χ1n) is 11.5. The lowest BCUT2D eigenvalue weighted by Gasteiger charge is -2.25. The third-order valence-corrected chi connectivity index (χ3v) is 7.01. The van der Waals surface area contributed by atoms with Gasteiger partial charge in [0.1, 0.15) is 17.4 Å². The van der Waals surface area contributed by atoms with Crippen molar-refractivity contribution in [3.8, 4) is 5.75 Å². The molecule has 3 N–H and O–H groups in total. The van der Waals surface area contributed by atoms with Crippen LogP contribution in [0.3, 0.4) is 0 Å². The van der Waals surface area contributed by atoms with E-state index in [2.05, 4.69) is 9.71 Å². The summed E-state index contributed by atoms with van der Waals surface area (Å²) in [6.45, 7) is -0.472. The maximum Gasteiger partial charge on any atom is 0.341 e. The second kappa shape index (κ2) is 12.8. The zero-order chi connectivity index (χ0) is 27.7. The van der Waals surface area contributed by atoms with E-state index in [1.54, 1.807) is 37.5 Å². The molecule has 0 saturated heterocycles. The molecule has 11 nitrogen and oxygen atoms in total. The fraction of sp³-hybridized carbons (Fsp3) is 0.231. The Hall–Kier alpha value is -4.29. The van der Waals surface area contributed by atoms with Crippen LogP contribution in [0.5, 0.6) is 5.75 Å². The molecule has 1 aromatic heterocycles. The summed E-state index contributed by atoms with van der Waals surface area (Å²) in [4.78, 5) is 41.6. The Balaban J connectivity index is 1.87. The smallest absolute Gasteiger partial charge is 0.341 e. The number of ether oxygens (including phenoxy) is 1. The summed E-state index contributed by atoms with van der Waals surface area (Å²) in [7, 11) is -2.55. The molecule has 3 aromatic rings. The topological polar surface area (TPSA) is 163 Å². The van der Waals surface area contributed by atoms with Gasteiger partial charge < -0.3 is 19.8 Å². The van der Waals surface area contributed by atoms with Gasteiger partial charge in [0.15, 0.2) is 6.61 Å². The van der Waals surface area contributed by atoms with Crippen LogP contribution in [-0.2, 0) is 32.5 Å². The number of carboxylic acids is 2. The molecule has 1 heterocycles. The lowest BCUT2D eigenvalue weighted by molar-refractivity contribution is -0.139. The number of nitrogens with zero attached hydrogens (tertiary/aromatic N) is 2. The summed E-state index contributed by atoms with van der Waals surface area (Å²) < 4.78 is 33.6. The van der Waals surface area contributed by atoms with Crippen LogP contribution in [0.4, 0.5) is 0 Å². The number of pyridine rings is 1. The monoisotopic (exact) mass is 541 g/mol. The molecule has 0 aliphatic heterocycles. The largest absolute Gasteiger partial charge is 0.481 e. The number of aromatic nitrogens is 1. The Morgan fingerprint density at radius 3 is 2.37 bits per heavy atom. The SMILES string of the molecule is CN(CCc1ccccn1)C(=O)[C@H](Cc1ccc(OCC(=O)O)c(C(=O)O)c1)NS(=O)(=O)c1ccccc1. The van der Waals surface area contributed by atoms with Crippen molar-refractivity contribution in [3.05, 3.63) is 89.7 Å². The molecule has 0 radical (unpaired) electrons. The molecule has 0 aliphatic carbocycles. The first-order chi connectivity index (χ1) is 18.1. The van der Waals surface area contributed by atoms with Gasteiger partial charge in [-0.3, -0.25) is 9.78 Å². The fourth-order valence-corrected chi connectivity index (χ4v) is 4.82. The van der Waals surface area contributed by atoms with E-state index >= 15 is 0 Å². The van der Waals surface area contributed by atoms with Gasteiger partial charge in [0, 0.05) is 31.9 Å². The van der Waals surface area contributed by atoms with Crippen LogP contribution in [0, 0.1) is 0 Å². The number of hydrogen-bond acceptors (Lipinski definition) is 7. The molecule has 0 unspecified atom stereocenters. The summed E-state index contributed by atoms with van der Waals surface area (Å²) in [6.07, 6.45) is 1.91. The Kier molecular flexibility index (Phi) is 9.52. The number of rotatable bonds is 13. The normalized spacial score (nSPS) is 11.9. The highest BCUT2D eigenvalue weighted by Gasteiger charge is 2.29. The zero-order valence-corrected chi connectivity index (χ0v) is 21.3. The third kappa shape index (κ3) is 7.85. The zero-order valence-electron chi connectivity index (χ0n) is 20.5. The molecule has 0 spiro atoms. The highest BCUT2D eigenvalue weighted by molar-refractivity contribution is 7.89. The van der Waals surface area contributed by atoms with E-state index in [1.165, 1.54) is 35.2 Å². The summed E-state index contributed by atoms with van der Waals surface area (Å²) in [5.74, 6) is -3.33. The molecule has 0 aliphatic rings. The molecule has 12 heteroatoms. The van der Waals surface area contributed by atoms with Gasteiger partial charge >= 0.3 is 11.9 Å². The quantitative estimate of drug-likeness (QED) is 0.293. The van der Waals surface area contributed by atoms with E-state index in [1.807, 2.05) is 12.1 Å². The number of carboxylic acid groups (broad SMARTS) is 2. The predicted octanol–water partition coefficient (Wildman–Crippen LogP) is 1.83. The molecule has 0 bridgehead atoms. The minimum atomic E-state index is -4.09. The summed E-state index contributed by atoms with van der Waals surface area (Å²) in [5, 5.41) is 18.4. The predicted molar refractivity (Wildman–Crippen MR) is 136 cm³/mol. The van der Waals surface area contributed by atoms with E-state index in [9.17, 15) is 27.9 Å². The second-order valence-corrected chi connectivity index (χ2v) is 10.1. The minimum Gasteiger partial charge on any atom is -0.481 e. The first-order valence-corrected chi connectivity index (χ1v) is 13.0. The van der Waals surface area contributed by atoms with Crippen molar-refractivity contribution in [3.63, 3.8) is 0 Å². The number of nitrogens with one attached hydrogen (secondary N) is 1. The number of sulfonamides is 1. The number of aliphatic carboxylic acids is 1. The van der Waals surface area contributed by atoms with Crippen LogP contribution in [-0.4, -0.2) is 72.6 Å². The number of hydrogen-bond donors (Lipinski definition) is 3. The van der Waals surface area contributed by atoms with Crippen LogP contribution in [0.15, 0.2) is 77.8 Å². The molecule has 0 saturated carbocycles. The van der Waals surface area contributed by atoms with E-state index < -0.39 is 40.5 Å². The van der Waals surface area contributed by atoms with Crippen LogP contribution in [0.2, 0.25) is 0 Å². The lowest BCUT2D eigenvalue weighted by Crippen LogP contribution is -2.49. The van der Waals surface area contributed by atoms with Crippen molar-refractivity contribution in [2.75, 3.05) is 20.2 Å². The van der Waals surface area contributed by atoms with Gasteiger partial charge in [-0.15, -0.1) is 0 Å². The molecular formula is C26H27N3O8S. The van der Waals surface area contributed by atoms with Crippen molar-refractivity contribution in [2.45, 2.75) is 23.8 Å². The van der Waals surface area contributed by atoms with Gasteiger partial charge in [0.25, 0.3) is 0 Å². The van der Waals surface area contributed by atoms with E-state index in [0.29, 0.717) is 12.0 Å². The van der Waals surface area contributed by atoms with Crippen molar-refractivity contribution in [1.82, 2.24) is 14.6 Å². The Morgan fingerprint density at radius 2 is 1.74 bits per heavy atom. The average molecular weight is 542 g/mol. The average Bonchev–Trinajstić information content (AvgIpc) is 2.91. The van der Waals surface area contributed by atoms with Crippen molar-refractivity contribution in [1.29, 1.82) is 0 Å². The van der Waals surface area contributed by atoms with E-state index in [0.717, 1.165) is 5.69 Å². The molecule has 3 rings (SSSR count). The van der Waals surface area contributed by atoms with Crippen molar-refractivity contribution >= 4 is 27.9 Å². The Morgan fingerprint density at radius 1 is 1.03 bits per heavy atom. The van der Waals surface area contributed by atoms with Crippen LogP contribution in [0.1, 0.15) is 21.6 Å². The van der Waals surface area contributed by atoms with Gasteiger partial charge in [0.05, 0.1) is 4.90 Å². The molecule has 1 amide bonds. The highest BCUT2D eigenvalue weighted by atomic mass is 32.2. The molecule has 1 atom stereocenters. The van der Waals surface area contributed by atoms with Crippen LogP contribution < -0.4 is 9.46 Å². The van der Waals surface area contributed by atoms with Crippen molar-refractivity contribution in [2.24, 2.45) is 0 Å². The number of benzene rings is 2.